The van der Waals surface area contributed by atoms with Crippen molar-refractivity contribution in [1.82, 2.24) is 19.7 Å². The number of allylic oxidation sites excluding steroid dienone is 1. The largest absolute Gasteiger partial charge is 0.507 e. The number of ether oxygens (including phenoxy) is 1. The Bertz CT molecular complexity index is 1390. The number of benzene rings is 2. The molecule has 0 unspecified atom stereocenters. The summed E-state index contributed by atoms with van der Waals surface area (Å²) in [4.78, 5) is 19.5. The summed E-state index contributed by atoms with van der Waals surface area (Å²) in [5.74, 6) is -0.834. The molecule has 33 heavy (non-hydrogen) atoms. The first kappa shape index (κ1) is 21.6. The molecule has 0 aliphatic heterocycles. The molecule has 4 aromatic rings. The number of imidazole rings is 1. The molecule has 0 amide bonds. The Morgan fingerprint density at radius 2 is 1.91 bits per heavy atom. The topological polar surface area (TPSA) is 117 Å². The molecule has 0 saturated carbocycles. The van der Waals surface area contributed by atoms with Crippen molar-refractivity contribution in [3.8, 4) is 11.8 Å². The maximum Gasteiger partial charge on any atom is 0.331 e. The van der Waals surface area contributed by atoms with Crippen LogP contribution in [0.15, 0.2) is 66.4 Å². The van der Waals surface area contributed by atoms with Gasteiger partial charge in [0.2, 0.25) is 0 Å². The van der Waals surface area contributed by atoms with Crippen molar-refractivity contribution in [2.24, 2.45) is 0 Å². The molecule has 0 atom stereocenters. The van der Waals surface area contributed by atoms with Gasteiger partial charge in [-0.05, 0) is 44.2 Å². The molecule has 2 N–H and O–H groups in total. The zero-order valence-corrected chi connectivity index (χ0v) is 18.1. The fourth-order valence-electron chi connectivity index (χ4n) is 3.45. The van der Waals surface area contributed by atoms with Gasteiger partial charge in [0.25, 0.3) is 0 Å². The molecule has 0 fully saturated rings. The van der Waals surface area contributed by atoms with Crippen LogP contribution in [0.3, 0.4) is 0 Å². The summed E-state index contributed by atoms with van der Waals surface area (Å²) in [7, 11) is 0. The lowest BCUT2D eigenvalue weighted by Crippen LogP contribution is -2.06. The van der Waals surface area contributed by atoms with Crippen LogP contribution in [0.1, 0.15) is 22.8 Å². The SMILES string of the molecule is Cc1nn(-c2ccccc2)c(C)c1C=CC(=O)OCC(O)=C(C#N)c1nc2ccccc2[nH]1. The number of carbonyl (C=O) groups is 1. The molecule has 0 radical (unpaired) electrons. The molecular weight excluding hydrogens is 418 g/mol. The average Bonchev–Trinajstić information content (AvgIpc) is 3.37. The van der Waals surface area contributed by atoms with Gasteiger partial charge >= 0.3 is 5.97 Å². The molecule has 0 saturated heterocycles. The summed E-state index contributed by atoms with van der Waals surface area (Å²) in [5, 5.41) is 24.3. The first-order valence-electron chi connectivity index (χ1n) is 10.2. The number of para-hydroxylation sites is 3. The molecule has 2 aromatic heterocycles. The van der Waals surface area contributed by atoms with Crippen molar-refractivity contribution in [3.63, 3.8) is 0 Å². The molecule has 0 aliphatic rings. The zero-order chi connectivity index (χ0) is 23.4. The highest BCUT2D eigenvalue weighted by atomic mass is 16.5. The van der Waals surface area contributed by atoms with Crippen LogP contribution >= 0.6 is 0 Å². The van der Waals surface area contributed by atoms with Crippen LogP contribution in [-0.4, -0.2) is 37.4 Å². The number of aromatic amines is 1. The molecule has 8 heteroatoms. The summed E-state index contributed by atoms with van der Waals surface area (Å²) >= 11 is 0. The van der Waals surface area contributed by atoms with E-state index in [0.717, 1.165) is 28.2 Å². The second-order valence-corrected chi connectivity index (χ2v) is 7.31. The highest BCUT2D eigenvalue weighted by Crippen LogP contribution is 2.20. The van der Waals surface area contributed by atoms with Gasteiger partial charge in [-0.2, -0.15) is 10.4 Å². The number of esters is 1. The third-order valence-corrected chi connectivity index (χ3v) is 5.11. The number of aliphatic hydroxyl groups is 1. The van der Waals surface area contributed by atoms with Gasteiger partial charge in [-0.15, -0.1) is 0 Å². The summed E-state index contributed by atoms with van der Waals surface area (Å²) in [5.41, 5.74) is 4.67. The average molecular weight is 439 g/mol. The molecule has 164 valence electrons. The van der Waals surface area contributed by atoms with Crippen molar-refractivity contribution in [2.75, 3.05) is 6.61 Å². The summed E-state index contributed by atoms with van der Waals surface area (Å²) in [6, 6.07) is 18.9. The van der Waals surface area contributed by atoms with E-state index < -0.39 is 12.6 Å². The Balaban J connectivity index is 1.47. The van der Waals surface area contributed by atoms with Gasteiger partial charge in [0.15, 0.2) is 11.6 Å². The van der Waals surface area contributed by atoms with Gasteiger partial charge in [0, 0.05) is 17.3 Å². The number of hydrogen-bond donors (Lipinski definition) is 2. The van der Waals surface area contributed by atoms with E-state index in [4.69, 9.17) is 4.74 Å². The minimum atomic E-state index is -0.658. The van der Waals surface area contributed by atoms with E-state index in [1.165, 1.54) is 6.08 Å². The number of fused-ring (bicyclic) bond motifs is 1. The number of nitriles is 1. The first-order valence-corrected chi connectivity index (χ1v) is 10.2. The van der Waals surface area contributed by atoms with Crippen molar-refractivity contribution >= 4 is 28.7 Å². The number of rotatable bonds is 6. The van der Waals surface area contributed by atoms with E-state index in [-0.39, 0.29) is 17.2 Å². The predicted octanol–water partition coefficient (Wildman–Crippen LogP) is 4.41. The Kier molecular flexibility index (Phi) is 6.04. The Hall–Kier alpha value is -4.64. The summed E-state index contributed by atoms with van der Waals surface area (Å²) < 4.78 is 6.93. The third kappa shape index (κ3) is 4.52. The maximum absolute atomic E-state index is 12.2. The van der Waals surface area contributed by atoms with Gasteiger partial charge in [0.05, 0.1) is 22.4 Å². The molecule has 2 aromatic carbocycles. The lowest BCUT2D eigenvalue weighted by atomic mass is 10.2. The fraction of sp³-hybridized carbons (Fsp3) is 0.120. The number of H-pyrrole nitrogens is 1. The van der Waals surface area contributed by atoms with Crippen LogP contribution in [0, 0.1) is 25.2 Å². The van der Waals surface area contributed by atoms with Crippen LogP contribution in [0.25, 0.3) is 28.4 Å². The molecule has 0 aliphatic carbocycles. The van der Waals surface area contributed by atoms with Crippen LogP contribution < -0.4 is 0 Å². The van der Waals surface area contributed by atoms with E-state index in [1.807, 2.05) is 68.4 Å². The fourth-order valence-corrected chi connectivity index (χ4v) is 3.45. The highest BCUT2D eigenvalue weighted by Gasteiger charge is 2.15. The van der Waals surface area contributed by atoms with Crippen molar-refractivity contribution < 1.29 is 14.6 Å². The van der Waals surface area contributed by atoms with Crippen molar-refractivity contribution in [1.29, 1.82) is 5.26 Å². The molecular formula is C25H21N5O3. The van der Waals surface area contributed by atoms with Gasteiger partial charge in [-0.25, -0.2) is 14.5 Å². The standard InChI is InChI=1S/C25H21N5O3/c1-16-19(17(2)30(29-16)18-8-4-3-5-9-18)12-13-24(32)33-15-23(31)20(14-26)25-27-21-10-6-7-11-22(21)28-25/h3-13,31H,15H2,1-2H3,(H,27,28). The van der Waals surface area contributed by atoms with E-state index in [0.29, 0.717) is 5.52 Å². The minimum absolute atomic E-state index is 0.0844. The zero-order valence-electron chi connectivity index (χ0n) is 18.1. The molecule has 4 rings (SSSR count). The number of aliphatic hydroxyl groups excluding tert-OH is 1. The van der Waals surface area contributed by atoms with E-state index in [1.54, 1.807) is 16.8 Å². The van der Waals surface area contributed by atoms with Gasteiger partial charge < -0.3 is 14.8 Å². The Morgan fingerprint density at radius 1 is 1.18 bits per heavy atom. The lowest BCUT2D eigenvalue weighted by Gasteiger charge is -2.04. The molecule has 8 nitrogen and oxygen atoms in total. The number of aryl methyl sites for hydroxylation is 1. The summed E-state index contributed by atoms with van der Waals surface area (Å²) in [6.45, 7) is 3.32. The smallest absolute Gasteiger partial charge is 0.331 e. The Morgan fingerprint density at radius 3 is 2.64 bits per heavy atom. The first-order chi connectivity index (χ1) is 16.0. The van der Waals surface area contributed by atoms with E-state index >= 15 is 0 Å². The molecule has 2 heterocycles. The van der Waals surface area contributed by atoms with Crippen molar-refractivity contribution in [2.45, 2.75) is 13.8 Å². The second kappa shape index (κ2) is 9.24. The monoisotopic (exact) mass is 439 g/mol. The number of nitrogens with zero attached hydrogens (tertiary/aromatic N) is 4. The van der Waals surface area contributed by atoms with Crippen LogP contribution in [0.2, 0.25) is 0 Å². The quantitative estimate of drug-likeness (QED) is 0.199. The predicted molar refractivity (Wildman–Crippen MR) is 124 cm³/mol. The van der Waals surface area contributed by atoms with Crippen LogP contribution in [0.5, 0.6) is 0 Å². The maximum atomic E-state index is 12.2. The van der Waals surface area contributed by atoms with Gasteiger partial charge in [-0.3, -0.25) is 0 Å². The second-order valence-electron chi connectivity index (χ2n) is 7.31. The lowest BCUT2D eigenvalue weighted by molar-refractivity contribution is -0.137. The van der Waals surface area contributed by atoms with Gasteiger partial charge in [-0.1, -0.05) is 30.3 Å². The van der Waals surface area contributed by atoms with Crippen LogP contribution in [-0.2, 0) is 9.53 Å². The molecule has 0 bridgehead atoms. The third-order valence-electron chi connectivity index (χ3n) is 5.11. The summed E-state index contributed by atoms with van der Waals surface area (Å²) in [6.07, 6.45) is 2.90. The van der Waals surface area contributed by atoms with Gasteiger partial charge in [0.1, 0.15) is 18.2 Å². The van der Waals surface area contributed by atoms with Crippen LogP contribution in [0.4, 0.5) is 0 Å². The highest BCUT2D eigenvalue weighted by molar-refractivity contribution is 5.88. The minimum Gasteiger partial charge on any atom is -0.507 e. The van der Waals surface area contributed by atoms with E-state index in [2.05, 4.69) is 15.1 Å². The number of hydrogen-bond acceptors (Lipinski definition) is 6. The number of carbonyl (C=O) groups excluding carboxylic acids is 1. The normalized spacial score (nSPS) is 12.0. The number of aromatic nitrogens is 4. The molecule has 0 spiro atoms. The van der Waals surface area contributed by atoms with Crippen molar-refractivity contribution in [3.05, 3.63) is 89.2 Å². The number of nitrogens with one attached hydrogen (secondary N) is 1. The van der Waals surface area contributed by atoms with E-state index in [9.17, 15) is 15.2 Å². The Labute approximate surface area is 190 Å².